The van der Waals surface area contributed by atoms with Crippen molar-refractivity contribution in [2.75, 3.05) is 44.7 Å². The zero-order valence-electron chi connectivity index (χ0n) is 17.2. The highest BCUT2D eigenvalue weighted by Crippen LogP contribution is 2.23. The summed E-state index contributed by atoms with van der Waals surface area (Å²) in [5.74, 6) is -0.0917. The van der Waals surface area contributed by atoms with E-state index < -0.39 is 0 Å². The summed E-state index contributed by atoms with van der Waals surface area (Å²) in [6.45, 7) is 7.14. The Kier molecular flexibility index (Phi) is 5.02. The van der Waals surface area contributed by atoms with Crippen LogP contribution in [0.4, 0.5) is 5.69 Å². The van der Waals surface area contributed by atoms with Crippen LogP contribution in [0.15, 0.2) is 29.3 Å². The highest BCUT2D eigenvalue weighted by atomic mass is 16.2. The van der Waals surface area contributed by atoms with E-state index in [0.29, 0.717) is 37.0 Å². The largest absolute Gasteiger partial charge is 0.368 e. The first-order valence-corrected chi connectivity index (χ1v) is 10.1. The number of aromatic nitrogens is 2. The van der Waals surface area contributed by atoms with E-state index in [1.807, 2.05) is 36.9 Å². The molecule has 8 nitrogen and oxygen atoms in total. The van der Waals surface area contributed by atoms with E-state index in [0.717, 1.165) is 18.8 Å². The smallest absolute Gasteiger partial charge is 0.261 e. The van der Waals surface area contributed by atoms with Crippen molar-refractivity contribution in [3.8, 4) is 0 Å². The molecule has 8 heteroatoms. The molecule has 3 heterocycles. The molecule has 1 unspecified atom stereocenters. The summed E-state index contributed by atoms with van der Waals surface area (Å²) in [4.78, 5) is 47.2. The summed E-state index contributed by atoms with van der Waals surface area (Å²) in [6.07, 6.45) is 1.93. The number of likely N-dealkylation sites (tertiary alicyclic amines) is 1. The molecular weight excluding hydrogens is 370 g/mol. The number of piperazine rings is 1. The number of carbonyl (C=O) groups is 2. The fourth-order valence-corrected chi connectivity index (χ4v) is 4.16. The second-order valence-corrected chi connectivity index (χ2v) is 8.24. The van der Waals surface area contributed by atoms with Crippen LogP contribution in [0, 0.1) is 5.92 Å². The summed E-state index contributed by atoms with van der Waals surface area (Å²) < 4.78 is 1.64. The van der Waals surface area contributed by atoms with Crippen molar-refractivity contribution in [1.29, 1.82) is 0 Å². The lowest BCUT2D eigenvalue weighted by atomic mass is 10.1. The zero-order valence-corrected chi connectivity index (χ0v) is 17.2. The van der Waals surface area contributed by atoms with Crippen LogP contribution >= 0.6 is 0 Å². The minimum atomic E-state index is -0.216. The number of rotatable bonds is 3. The van der Waals surface area contributed by atoms with Crippen LogP contribution in [-0.4, -0.2) is 70.9 Å². The minimum absolute atomic E-state index is 0.0250. The number of amides is 2. The van der Waals surface area contributed by atoms with Crippen molar-refractivity contribution in [2.45, 2.75) is 26.3 Å². The van der Waals surface area contributed by atoms with Crippen LogP contribution in [0.1, 0.15) is 26.3 Å². The van der Waals surface area contributed by atoms with Gasteiger partial charge in [0.05, 0.1) is 23.1 Å². The van der Waals surface area contributed by atoms with Gasteiger partial charge in [-0.3, -0.25) is 19.0 Å². The van der Waals surface area contributed by atoms with E-state index >= 15 is 0 Å². The number of carbonyl (C=O) groups excluding carboxylic acids is 2. The van der Waals surface area contributed by atoms with Gasteiger partial charge >= 0.3 is 0 Å². The van der Waals surface area contributed by atoms with E-state index in [2.05, 4.69) is 9.88 Å². The molecule has 4 rings (SSSR count). The number of anilines is 1. The molecule has 0 bridgehead atoms. The fourth-order valence-electron chi connectivity index (χ4n) is 4.16. The molecule has 2 aliphatic heterocycles. The average molecular weight is 397 g/mol. The van der Waals surface area contributed by atoms with Crippen molar-refractivity contribution in [1.82, 2.24) is 19.4 Å². The second kappa shape index (κ2) is 7.50. The Morgan fingerprint density at radius 1 is 1.14 bits per heavy atom. The quantitative estimate of drug-likeness (QED) is 0.775. The molecule has 2 aliphatic rings. The molecule has 0 N–H and O–H groups in total. The van der Waals surface area contributed by atoms with E-state index in [9.17, 15) is 14.4 Å². The van der Waals surface area contributed by atoms with Crippen molar-refractivity contribution in [3.05, 3.63) is 34.9 Å². The number of benzene rings is 1. The van der Waals surface area contributed by atoms with Crippen LogP contribution in [0.25, 0.3) is 10.9 Å². The highest BCUT2D eigenvalue weighted by Gasteiger charge is 2.35. The van der Waals surface area contributed by atoms with Crippen LogP contribution in [0.2, 0.25) is 0 Å². The lowest BCUT2D eigenvalue weighted by molar-refractivity contribution is -0.136. The molecule has 2 aromatic rings. The van der Waals surface area contributed by atoms with Gasteiger partial charge in [0.25, 0.3) is 5.56 Å². The minimum Gasteiger partial charge on any atom is -0.368 e. The third-order valence-electron chi connectivity index (χ3n) is 5.97. The Labute approximate surface area is 169 Å². The second-order valence-electron chi connectivity index (χ2n) is 8.24. The Hall–Kier alpha value is -2.90. The monoisotopic (exact) mass is 397 g/mol. The summed E-state index contributed by atoms with van der Waals surface area (Å²) in [5, 5.41) is 0.619. The predicted molar refractivity (Wildman–Crippen MR) is 111 cm³/mol. The maximum atomic E-state index is 12.7. The average Bonchev–Trinajstić information content (AvgIpc) is 3.06. The first-order chi connectivity index (χ1) is 13.8. The molecule has 0 aliphatic carbocycles. The van der Waals surface area contributed by atoms with E-state index in [1.54, 1.807) is 22.8 Å². The molecule has 29 heavy (non-hydrogen) atoms. The van der Waals surface area contributed by atoms with Crippen LogP contribution in [-0.2, 0) is 9.59 Å². The summed E-state index contributed by atoms with van der Waals surface area (Å²) in [5.41, 5.74) is 1.67. The van der Waals surface area contributed by atoms with Crippen molar-refractivity contribution < 1.29 is 9.59 Å². The maximum absolute atomic E-state index is 12.7. The summed E-state index contributed by atoms with van der Waals surface area (Å²) >= 11 is 0. The van der Waals surface area contributed by atoms with Gasteiger partial charge in [0.1, 0.15) is 0 Å². The SMILES string of the molecule is CC(C)n1cnc2cc(N3CCN(C(=O)C4CC(=O)N(C)C4)CC3)ccc2c1=O. The molecule has 0 radical (unpaired) electrons. The normalized spacial score (nSPS) is 20.2. The van der Waals surface area contributed by atoms with Crippen LogP contribution in [0.3, 0.4) is 0 Å². The molecule has 154 valence electrons. The molecule has 1 aromatic heterocycles. The lowest BCUT2D eigenvalue weighted by Gasteiger charge is -2.37. The fraction of sp³-hybridized carbons (Fsp3) is 0.524. The number of nitrogens with zero attached hydrogens (tertiary/aromatic N) is 5. The number of hydrogen-bond acceptors (Lipinski definition) is 5. The van der Waals surface area contributed by atoms with Crippen molar-refractivity contribution in [2.24, 2.45) is 5.92 Å². The molecule has 2 amide bonds. The van der Waals surface area contributed by atoms with E-state index in [1.165, 1.54) is 0 Å². The standard InChI is InChI=1S/C21H27N5O3/c1-14(2)26-13-22-18-11-16(4-5-17(18)21(26)29)24-6-8-25(9-7-24)20(28)15-10-19(27)23(3)12-15/h4-5,11,13-15H,6-10,12H2,1-3H3. The van der Waals surface area contributed by atoms with Gasteiger partial charge in [-0.05, 0) is 32.0 Å². The summed E-state index contributed by atoms with van der Waals surface area (Å²) in [6, 6.07) is 5.82. The van der Waals surface area contributed by atoms with Gasteiger partial charge in [0.2, 0.25) is 11.8 Å². The Balaban J connectivity index is 1.45. The van der Waals surface area contributed by atoms with Crippen LogP contribution in [0.5, 0.6) is 0 Å². The Morgan fingerprint density at radius 3 is 2.48 bits per heavy atom. The molecule has 2 saturated heterocycles. The number of hydrogen-bond donors (Lipinski definition) is 0. The first-order valence-electron chi connectivity index (χ1n) is 10.1. The molecule has 0 saturated carbocycles. The number of fused-ring (bicyclic) bond motifs is 1. The Morgan fingerprint density at radius 2 is 1.86 bits per heavy atom. The van der Waals surface area contributed by atoms with Crippen molar-refractivity contribution in [3.63, 3.8) is 0 Å². The van der Waals surface area contributed by atoms with Gasteiger partial charge < -0.3 is 14.7 Å². The van der Waals surface area contributed by atoms with Gasteiger partial charge in [0.15, 0.2) is 0 Å². The lowest BCUT2D eigenvalue weighted by Crippen LogP contribution is -2.50. The zero-order chi connectivity index (χ0) is 20.7. The first kappa shape index (κ1) is 19.4. The van der Waals surface area contributed by atoms with Gasteiger partial charge in [-0.25, -0.2) is 4.98 Å². The third-order valence-corrected chi connectivity index (χ3v) is 5.97. The molecule has 1 aromatic carbocycles. The predicted octanol–water partition coefficient (Wildman–Crippen LogP) is 1.10. The van der Waals surface area contributed by atoms with E-state index in [4.69, 9.17) is 0 Å². The highest BCUT2D eigenvalue weighted by molar-refractivity contribution is 5.89. The van der Waals surface area contributed by atoms with Gasteiger partial charge in [-0.1, -0.05) is 0 Å². The molecule has 2 fully saturated rings. The van der Waals surface area contributed by atoms with Gasteiger partial charge in [0, 0.05) is 57.9 Å². The summed E-state index contributed by atoms with van der Waals surface area (Å²) in [7, 11) is 1.75. The molecule has 1 atom stereocenters. The molecule has 0 spiro atoms. The van der Waals surface area contributed by atoms with Crippen LogP contribution < -0.4 is 10.5 Å². The topological polar surface area (TPSA) is 78.8 Å². The molecular formula is C21H27N5O3. The van der Waals surface area contributed by atoms with E-state index in [-0.39, 0.29) is 29.3 Å². The van der Waals surface area contributed by atoms with Gasteiger partial charge in [-0.15, -0.1) is 0 Å². The third kappa shape index (κ3) is 3.59. The maximum Gasteiger partial charge on any atom is 0.261 e. The van der Waals surface area contributed by atoms with Gasteiger partial charge in [-0.2, -0.15) is 0 Å². The van der Waals surface area contributed by atoms with Crippen molar-refractivity contribution >= 4 is 28.4 Å². The Bertz CT molecular complexity index is 1010.